The number of hydrogen-bond donors (Lipinski definition) is 0. The van der Waals surface area contributed by atoms with E-state index < -0.39 is 6.16 Å². The monoisotopic (exact) mass is 166 g/mol. The van der Waals surface area contributed by atoms with Gasteiger partial charge in [-0.2, -0.15) is 0 Å². The predicted molar refractivity (Wildman–Crippen MR) is 44.5 cm³/mol. The lowest BCUT2D eigenvalue weighted by Crippen LogP contribution is -2.02. The van der Waals surface area contributed by atoms with Crippen LogP contribution in [0.5, 0.6) is 0 Å². The number of rotatable bonds is 1. The van der Waals surface area contributed by atoms with Crippen molar-refractivity contribution >= 4 is 6.16 Å². The van der Waals surface area contributed by atoms with Gasteiger partial charge in [0.2, 0.25) is 0 Å². The molecular formula is C9H10O3. The van der Waals surface area contributed by atoms with Gasteiger partial charge in [0.25, 0.3) is 0 Å². The third kappa shape index (κ3) is 2.62. The molecule has 0 amide bonds. The minimum Gasteiger partial charge on any atom is -0.437 e. The largest absolute Gasteiger partial charge is 0.513 e. The van der Waals surface area contributed by atoms with Gasteiger partial charge in [0.05, 0.1) is 7.11 Å². The molecule has 0 atom stereocenters. The Hall–Kier alpha value is -1.51. The summed E-state index contributed by atoms with van der Waals surface area (Å²) in [4.78, 5) is 10.6. The zero-order chi connectivity index (χ0) is 8.81. The summed E-state index contributed by atoms with van der Waals surface area (Å²) in [5.74, 6) is 0.496. The third-order valence-electron chi connectivity index (χ3n) is 1.32. The number of allylic oxidation sites excluding steroid dienone is 5. The maximum Gasteiger partial charge on any atom is 0.513 e. The maximum absolute atomic E-state index is 10.6. The van der Waals surface area contributed by atoms with E-state index in [4.69, 9.17) is 4.74 Å². The van der Waals surface area contributed by atoms with Crippen molar-refractivity contribution < 1.29 is 14.3 Å². The maximum atomic E-state index is 10.6. The van der Waals surface area contributed by atoms with Gasteiger partial charge in [-0.1, -0.05) is 18.2 Å². The molecule has 0 saturated carbocycles. The molecule has 0 aromatic carbocycles. The standard InChI is InChI=1S/C9H10O3/c1-11-9(10)12-8-6-4-2-3-5-7-8/h2,4-7H,3H2,1H3. The molecule has 0 unspecified atom stereocenters. The zero-order valence-corrected chi connectivity index (χ0v) is 6.82. The highest BCUT2D eigenvalue weighted by Crippen LogP contribution is 2.06. The lowest BCUT2D eigenvalue weighted by molar-refractivity contribution is 0.0999. The van der Waals surface area contributed by atoms with Crippen molar-refractivity contribution in [3.05, 3.63) is 36.1 Å². The van der Waals surface area contributed by atoms with E-state index in [0.29, 0.717) is 5.76 Å². The molecule has 1 rings (SSSR count). The Balaban J connectivity index is 2.56. The summed E-state index contributed by atoms with van der Waals surface area (Å²) < 4.78 is 9.12. The van der Waals surface area contributed by atoms with Crippen molar-refractivity contribution in [3.63, 3.8) is 0 Å². The molecule has 64 valence electrons. The summed E-state index contributed by atoms with van der Waals surface area (Å²) in [6, 6.07) is 0. The molecule has 0 spiro atoms. The van der Waals surface area contributed by atoms with E-state index in [-0.39, 0.29) is 0 Å². The van der Waals surface area contributed by atoms with Crippen molar-refractivity contribution in [2.24, 2.45) is 0 Å². The van der Waals surface area contributed by atoms with Crippen LogP contribution >= 0.6 is 0 Å². The molecule has 0 aromatic rings. The van der Waals surface area contributed by atoms with Gasteiger partial charge in [-0.05, 0) is 18.6 Å². The molecule has 0 aromatic heterocycles. The molecule has 1 aliphatic rings. The fourth-order valence-corrected chi connectivity index (χ4v) is 0.766. The fourth-order valence-electron chi connectivity index (χ4n) is 0.766. The van der Waals surface area contributed by atoms with Crippen molar-refractivity contribution in [2.45, 2.75) is 6.42 Å². The van der Waals surface area contributed by atoms with Crippen LogP contribution in [0.3, 0.4) is 0 Å². The molecule has 12 heavy (non-hydrogen) atoms. The Morgan fingerprint density at radius 2 is 2.33 bits per heavy atom. The molecule has 0 bridgehead atoms. The average Bonchev–Trinajstić information content (AvgIpc) is 2.33. The van der Waals surface area contributed by atoms with Gasteiger partial charge in [-0.3, -0.25) is 0 Å². The van der Waals surface area contributed by atoms with Crippen LogP contribution in [0.1, 0.15) is 6.42 Å². The summed E-state index contributed by atoms with van der Waals surface area (Å²) in [6.07, 6.45) is 9.30. The number of carbonyl (C=O) groups excluding carboxylic acids is 1. The zero-order valence-electron chi connectivity index (χ0n) is 6.82. The second-order valence-electron chi connectivity index (χ2n) is 2.19. The summed E-state index contributed by atoms with van der Waals surface area (Å²) in [6.45, 7) is 0. The molecule has 0 radical (unpaired) electrons. The topological polar surface area (TPSA) is 35.5 Å². The summed E-state index contributed by atoms with van der Waals surface area (Å²) >= 11 is 0. The molecule has 3 nitrogen and oxygen atoms in total. The van der Waals surface area contributed by atoms with Gasteiger partial charge in [0, 0.05) is 0 Å². The van der Waals surface area contributed by atoms with Crippen LogP contribution < -0.4 is 0 Å². The average molecular weight is 166 g/mol. The Kier molecular flexibility index (Phi) is 3.14. The predicted octanol–water partition coefficient (Wildman–Crippen LogP) is 2.17. The second kappa shape index (κ2) is 4.38. The summed E-state index contributed by atoms with van der Waals surface area (Å²) in [7, 11) is 1.28. The van der Waals surface area contributed by atoms with Crippen LogP contribution in [0.15, 0.2) is 36.1 Å². The van der Waals surface area contributed by atoms with Crippen LogP contribution in [0, 0.1) is 0 Å². The first-order valence-corrected chi connectivity index (χ1v) is 3.62. The Morgan fingerprint density at radius 1 is 1.50 bits per heavy atom. The van der Waals surface area contributed by atoms with Gasteiger partial charge >= 0.3 is 6.16 Å². The Morgan fingerprint density at radius 3 is 3.08 bits per heavy atom. The lowest BCUT2D eigenvalue weighted by atomic mass is 10.4. The molecule has 0 saturated heterocycles. The molecule has 0 fully saturated rings. The van der Waals surface area contributed by atoms with Crippen LogP contribution in [0.25, 0.3) is 0 Å². The molecule has 0 heterocycles. The normalized spacial score (nSPS) is 14.9. The number of ether oxygens (including phenoxy) is 2. The number of carbonyl (C=O) groups is 1. The van der Waals surface area contributed by atoms with Crippen molar-refractivity contribution in [1.29, 1.82) is 0 Å². The van der Waals surface area contributed by atoms with Gasteiger partial charge in [-0.15, -0.1) is 0 Å². The SMILES string of the molecule is COC(=O)OC1=CC=CCC=C1. The highest BCUT2D eigenvalue weighted by molar-refractivity contribution is 5.61. The first-order valence-electron chi connectivity index (χ1n) is 3.62. The van der Waals surface area contributed by atoms with Crippen LogP contribution in [-0.4, -0.2) is 13.3 Å². The van der Waals surface area contributed by atoms with Crippen LogP contribution in [0.2, 0.25) is 0 Å². The first kappa shape index (κ1) is 8.59. The van der Waals surface area contributed by atoms with Gasteiger partial charge in [0.1, 0.15) is 5.76 Å². The Bertz CT molecular complexity index is 248. The van der Waals surface area contributed by atoms with Gasteiger partial charge < -0.3 is 9.47 Å². The summed E-state index contributed by atoms with van der Waals surface area (Å²) in [5.41, 5.74) is 0. The van der Waals surface area contributed by atoms with E-state index in [1.165, 1.54) is 7.11 Å². The van der Waals surface area contributed by atoms with E-state index in [2.05, 4.69) is 4.74 Å². The lowest BCUT2D eigenvalue weighted by Gasteiger charge is -2.00. The van der Waals surface area contributed by atoms with E-state index in [1.54, 1.807) is 12.2 Å². The first-order chi connectivity index (χ1) is 5.83. The van der Waals surface area contributed by atoms with Crippen LogP contribution in [-0.2, 0) is 9.47 Å². The second-order valence-corrected chi connectivity index (χ2v) is 2.19. The van der Waals surface area contributed by atoms with E-state index in [0.717, 1.165) is 6.42 Å². The minimum absolute atomic E-state index is 0.496. The smallest absolute Gasteiger partial charge is 0.437 e. The van der Waals surface area contributed by atoms with Crippen LogP contribution in [0.4, 0.5) is 4.79 Å². The van der Waals surface area contributed by atoms with Crippen molar-refractivity contribution in [2.75, 3.05) is 7.11 Å². The fraction of sp³-hybridized carbons (Fsp3) is 0.222. The van der Waals surface area contributed by atoms with E-state index in [9.17, 15) is 4.79 Å². The van der Waals surface area contributed by atoms with Gasteiger partial charge in [0.15, 0.2) is 0 Å². The summed E-state index contributed by atoms with van der Waals surface area (Å²) in [5, 5.41) is 0. The number of hydrogen-bond acceptors (Lipinski definition) is 3. The highest BCUT2D eigenvalue weighted by Gasteiger charge is 2.02. The minimum atomic E-state index is -0.693. The van der Waals surface area contributed by atoms with E-state index in [1.807, 2.05) is 18.2 Å². The quantitative estimate of drug-likeness (QED) is 0.560. The van der Waals surface area contributed by atoms with Crippen molar-refractivity contribution in [1.82, 2.24) is 0 Å². The van der Waals surface area contributed by atoms with Crippen molar-refractivity contribution in [3.8, 4) is 0 Å². The third-order valence-corrected chi connectivity index (χ3v) is 1.32. The number of methoxy groups -OCH3 is 1. The Labute approximate surface area is 71.0 Å². The molecule has 0 N–H and O–H groups in total. The molecule has 0 aliphatic heterocycles. The van der Waals surface area contributed by atoms with Gasteiger partial charge in [-0.25, -0.2) is 4.79 Å². The molecule has 1 aliphatic carbocycles. The molecular weight excluding hydrogens is 156 g/mol. The highest BCUT2D eigenvalue weighted by atomic mass is 16.7. The van der Waals surface area contributed by atoms with E-state index >= 15 is 0 Å². The molecule has 3 heteroatoms.